The first-order valence-corrected chi connectivity index (χ1v) is 34.0. The molecule has 0 aliphatic carbocycles. The number of halogens is 3. The fourth-order valence-corrected chi connectivity index (χ4v) is 10.8. The number of alkyl halides is 3. The summed E-state index contributed by atoms with van der Waals surface area (Å²) in [7, 11) is -7.79. The topological polar surface area (TPSA) is 432 Å². The standard InChI is InChI=1S/C21H27NO5S.C18H16F3NO7.C14H19NO7.C14H23NO4S/c1-2-3-4-5-6-10-15-22(21(25)17-11-8-7-9-12-17)28(26,27)18-13-14-19(23)20(24)16-18;19-18(20,21)11-3-1-4-12(9-11)29-17(27)22-5-2-6-28-16(26)10-7-13(23)15(25)14(24)8-10;1-14(2,3)22-13(20)15-4-5-21-12(19)8-6-9(16)11(18)10(17)7-8;1-2-3-4-5-6-7-10-15-20(18,19)12-8-9-13(16)14(17)11-12/h7-9,11-14,16,23-24H,2-6,10,15H2,1H3;1,3-4,7-9,23-25H,2,5-6H2,(H,22,27);6-7,16-18H,4-5H2,1-3H3,(H,15,20);8-9,11,15-17H,2-7,10H2,1H3. The number of rotatable bonds is 29. The number of benzene rings is 6. The Balaban J connectivity index is 0.000000347. The Hall–Kier alpha value is -10.1. The van der Waals surface area contributed by atoms with E-state index in [1.807, 2.05) is 0 Å². The van der Waals surface area contributed by atoms with Gasteiger partial charge in [0.2, 0.25) is 10.0 Å². The number of amides is 3. The zero-order valence-electron chi connectivity index (χ0n) is 55.1. The van der Waals surface area contributed by atoms with Gasteiger partial charge in [0.05, 0.1) is 39.6 Å². The van der Waals surface area contributed by atoms with Gasteiger partial charge in [-0.15, -0.1) is 0 Å². The van der Waals surface area contributed by atoms with Crippen LogP contribution in [0.2, 0.25) is 0 Å². The van der Waals surface area contributed by atoms with Gasteiger partial charge in [-0.1, -0.05) is 102 Å². The number of phenols is 10. The van der Waals surface area contributed by atoms with E-state index in [9.17, 15) is 94.8 Å². The van der Waals surface area contributed by atoms with Gasteiger partial charge in [0.25, 0.3) is 15.9 Å². The Morgan fingerprint density at radius 2 is 0.939 bits per heavy atom. The van der Waals surface area contributed by atoms with Crippen molar-refractivity contribution >= 4 is 50.1 Å². The van der Waals surface area contributed by atoms with E-state index < -0.39 is 119 Å². The van der Waals surface area contributed by atoms with Crippen LogP contribution in [0.25, 0.3) is 0 Å². The molecule has 6 aromatic carbocycles. The van der Waals surface area contributed by atoms with Crippen LogP contribution in [-0.4, -0.2) is 147 Å². The molecular weight excluding hydrogens is 1350 g/mol. The van der Waals surface area contributed by atoms with E-state index in [4.69, 9.17) is 29.2 Å². The van der Waals surface area contributed by atoms with Crippen molar-refractivity contribution in [2.45, 2.75) is 140 Å². The van der Waals surface area contributed by atoms with Crippen molar-refractivity contribution in [1.82, 2.24) is 19.7 Å². The maximum absolute atomic E-state index is 13.1. The van der Waals surface area contributed by atoms with E-state index in [0.717, 1.165) is 116 Å². The Morgan fingerprint density at radius 1 is 0.465 bits per heavy atom. The summed E-state index contributed by atoms with van der Waals surface area (Å²) in [6, 6.07) is 22.5. The molecule has 0 unspecified atom stereocenters. The normalized spacial score (nSPS) is 11.2. The molecule has 0 radical (unpaired) electrons. The third kappa shape index (κ3) is 29.7. The average molecular weight is 1440 g/mol. The molecule has 27 nitrogen and oxygen atoms in total. The molecule has 0 bridgehead atoms. The van der Waals surface area contributed by atoms with Gasteiger partial charge in [-0.3, -0.25) is 4.79 Å². The number of carbonyl (C=O) groups is 5. The Bertz CT molecular complexity index is 3790. The van der Waals surface area contributed by atoms with Gasteiger partial charge in [-0.2, -0.15) is 13.2 Å². The van der Waals surface area contributed by atoms with Crippen LogP contribution < -0.4 is 20.1 Å². The minimum absolute atomic E-state index is 0.00282. The van der Waals surface area contributed by atoms with E-state index in [1.54, 1.807) is 51.1 Å². The first-order valence-electron chi connectivity index (χ1n) is 31.1. The molecule has 0 saturated heterocycles. The van der Waals surface area contributed by atoms with Crippen LogP contribution in [-0.2, 0) is 40.4 Å². The van der Waals surface area contributed by atoms with Crippen molar-refractivity contribution in [3.63, 3.8) is 0 Å². The van der Waals surface area contributed by atoms with Crippen LogP contribution in [0.3, 0.4) is 0 Å². The van der Waals surface area contributed by atoms with Crippen LogP contribution in [0.15, 0.2) is 125 Å². The monoisotopic (exact) mass is 1430 g/mol. The largest absolute Gasteiger partial charge is 0.504 e. The Kier molecular flexibility index (Phi) is 34.1. The lowest BCUT2D eigenvalue weighted by atomic mass is 10.1. The van der Waals surface area contributed by atoms with Crippen molar-refractivity contribution in [3.05, 3.63) is 138 Å². The molecule has 0 saturated carbocycles. The Labute approximate surface area is 571 Å². The fourth-order valence-electron chi connectivity index (χ4n) is 8.28. The third-order valence-electron chi connectivity index (χ3n) is 13.4. The molecule has 6 aromatic rings. The second-order valence-corrected chi connectivity index (χ2v) is 26.2. The number of hydrogen-bond donors (Lipinski definition) is 13. The zero-order chi connectivity index (χ0) is 74.1. The number of unbranched alkanes of at least 4 members (excludes halogenated alkanes) is 10. The molecule has 0 fully saturated rings. The molecule has 3 amide bonds. The number of ether oxygens (including phenoxy) is 4. The van der Waals surface area contributed by atoms with Crippen molar-refractivity contribution < 1.29 is 124 Å². The van der Waals surface area contributed by atoms with Crippen LogP contribution in [0.1, 0.15) is 155 Å². The van der Waals surface area contributed by atoms with Crippen LogP contribution in [0.4, 0.5) is 22.8 Å². The molecule has 0 heterocycles. The first-order chi connectivity index (χ1) is 46.5. The van der Waals surface area contributed by atoms with E-state index in [0.29, 0.717) is 19.0 Å². The summed E-state index contributed by atoms with van der Waals surface area (Å²) in [6.45, 7) is 9.64. The molecule has 0 aromatic heterocycles. The molecule has 0 atom stereocenters. The van der Waals surface area contributed by atoms with Gasteiger partial charge < -0.3 is 80.6 Å². The third-order valence-corrected chi connectivity index (χ3v) is 16.6. The average Bonchev–Trinajstić information content (AvgIpc) is 0.792. The highest BCUT2D eigenvalue weighted by molar-refractivity contribution is 7.90. The maximum atomic E-state index is 13.1. The molecule has 0 aliphatic heterocycles. The number of esters is 2. The predicted octanol–water partition coefficient (Wildman–Crippen LogP) is 11.7. The van der Waals surface area contributed by atoms with Gasteiger partial charge in [-0.25, -0.2) is 45.0 Å². The lowest BCUT2D eigenvalue weighted by Gasteiger charge is -2.23. The summed E-state index contributed by atoms with van der Waals surface area (Å²) < 4.78 is 111. The number of sulfonamides is 2. The summed E-state index contributed by atoms with van der Waals surface area (Å²) >= 11 is 0. The second kappa shape index (κ2) is 40.6. The summed E-state index contributed by atoms with van der Waals surface area (Å²) in [4.78, 5) is 59.0. The molecular formula is C67H85F3N4O23S2. The molecule has 544 valence electrons. The zero-order valence-corrected chi connectivity index (χ0v) is 56.7. The van der Waals surface area contributed by atoms with Crippen molar-refractivity contribution in [3.8, 4) is 63.2 Å². The number of aromatic hydroxyl groups is 10. The van der Waals surface area contributed by atoms with Crippen LogP contribution >= 0.6 is 0 Å². The number of phenolic OH excluding ortho intramolecular Hbond substituents is 10. The molecule has 99 heavy (non-hydrogen) atoms. The van der Waals surface area contributed by atoms with Crippen LogP contribution in [0.5, 0.6) is 63.2 Å². The minimum atomic E-state index is -4.56. The number of hydrogen-bond acceptors (Lipinski definition) is 23. The second-order valence-electron chi connectivity index (χ2n) is 22.6. The van der Waals surface area contributed by atoms with Crippen molar-refractivity contribution in [2.75, 3.05) is 39.4 Å². The number of carbonyl (C=O) groups excluding carboxylic acids is 5. The minimum Gasteiger partial charge on any atom is -0.504 e. The fraction of sp³-hybridized carbons (Fsp3) is 0.388. The molecule has 6 rings (SSSR count). The molecule has 32 heteroatoms. The number of nitrogens with one attached hydrogen (secondary N) is 3. The molecule has 13 N–H and O–H groups in total. The van der Waals surface area contributed by atoms with E-state index in [2.05, 4.69) is 29.2 Å². The summed E-state index contributed by atoms with van der Waals surface area (Å²) in [5.74, 6) is -8.51. The van der Waals surface area contributed by atoms with Gasteiger partial charge in [-0.05, 0) is 119 Å². The summed E-state index contributed by atoms with van der Waals surface area (Å²) in [6.07, 6.45) is 6.21. The number of alkyl carbamates (subject to hydrolysis) is 1. The first kappa shape index (κ1) is 83.1. The van der Waals surface area contributed by atoms with E-state index >= 15 is 0 Å². The highest BCUT2D eigenvalue weighted by Gasteiger charge is 2.32. The molecule has 0 spiro atoms. The summed E-state index contributed by atoms with van der Waals surface area (Å²) in [5.41, 5.74) is -1.64. The highest BCUT2D eigenvalue weighted by atomic mass is 32.2. The van der Waals surface area contributed by atoms with Crippen LogP contribution in [0, 0.1) is 0 Å². The maximum Gasteiger partial charge on any atom is 0.416 e. The van der Waals surface area contributed by atoms with Gasteiger partial charge in [0, 0.05) is 37.3 Å². The Morgan fingerprint density at radius 3 is 1.44 bits per heavy atom. The summed E-state index contributed by atoms with van der Waals surface area (Å²) in [5, 5.41) is 97.9. The quantitative estimate of drug-likeness (QED) is 0.00897. The van der Waals surface area contributed by atoms with Gasteiger partial charge in [0.15, 0.2) is 57.5 Å². The van der Waals surface area contributed by atoms with Crippen molar-refractivity contribution in [1.29, 1.82) is 0 Å². The lowest BCUT2D eigenvalue weighted by Crippen LogP contribution is -2.37. The smallest absolute Gasteiger partial charge is 0.416 e. The highest BCUT2D eigenvalue weighted by Crippen LogP contribution is 2.37. The lowest BCUT2D eigenvalue weighted by molar-refractivity contribution is -0.137. The number of nitrogens with zero attached hydrogens (tertiary/aromatic N) is 1. The SMILES string of the molecule is CC(C)(C)OC(=O)NCCOC(=O)c1cc(O)c(O)c(O)c1.CCCCCCCCN(C(=O)c1ccccc1)S(=O)(=O)c1ccc(O)c(O)c1.CCCCCCCCNS(=O)(=O)c1ccc(O)c(O)c1.O=C(NCCCOC(=O)c1cc(O)c(O)c(O)c1)Oc1cccc(C(F)(F)F)c1. The van der Waals surface area contributed by atoms with Gasteiger partial charge in [0.1, 0.15) is 18.0 Å². The molecule has 0 aliphatic rings. The van der Waals surface area contributed by atoms with Gasteiger partial charge >= 0.3 is 30.3 Å². The van der Waals surface area contributed by atoms with E-state index in [-0.39, 0.29) is 77.2 Å². The van der Waals surface area contributed by atoms with E-state index in [1.165, 1.54) is 37.5 Å². The van der Waals surface area contributed by atoms with Crippen molar-refractivity contribution in [2.24, 2.45) is 0 Å². The predicted molar refractivity (Wildman–Crippen MR) is 354 cm³/mol.